The van der Waals surface area contributed by atoms with Gasteiger partial charge in [0.1, 0.15) is 11.0 Å². The van der Waals surface area contributed by atoms with E-state index < -0.39 is 5.97 Å². The molecule has 0 spiro atoms. The van der Waals surface area contributed by atoms with Crippen LogP contribution in [0.2, 0.25) is 0 Å². The van der Waals surface area contributed by atoms with Crippen LogP contribution in [0.3, 0.4) is 0 Å². The largest absolute Gasteiger partial charge is 0.478 e. The van der Waals surface area contributed by atoms with Crippen molar-refractivity contribution in [3.63, 3.8) is 0 Å². The highest BCUT2D eigenvalue weighted by molar-refractivity contribution is 5.92. The summed E-state index contributed by atoms with van der Waals surface area (Å²) in [5, 5.41) is 17.7. The minimum atomic E-state index is -0.913. The number of benzene rings is 1. The molecule has 3 rings (SSSR count). The molecular weight excluding hydrogens is 230 g/mol. The molecule has 0 fully saturated rings. The van der Waals surface area contributed by atoms with Gasteiger partial charge in [0.25, 0.3) is 0 Å². The quantitative estimate of drug-likeness (QED) is 0.874. The van der Waals surface area contributed by atoms with Crippen LogP contribution in [0.25, 0.3) is 16.7 Å². The van der Waals surface area contributed by atoms with Crippen molar-refractivity contribution in [2.75, 3.05) is 0 Å². The van der Waals surface area contributed by atoms with Crippen molar-refractivity contribution in [2.45, 2.75) is 12.8 Å². The normalized spacial score (nSPS) is 15.3. The molecule has 0 amide bonds. The molecule has 5 heteroatoms. The lowest BCUT2D eigenvalue weighted by Gasteiger charge is -2.09. The lowest BCUT2D eigenvalue weighted by Crippen LogP contribution is -2.08. The average Bonchev–Trinajstić information content (AvgIpc) is 2.82. The van der Waals surface area contributed by atoms with E-state index in [0.29, 0.717) is 12.0 Å². The monoisotopic (exact) mass is 241 g/mol. The summed E-state index contributed by atoms with van der Waals surface area (Å²) in [6.07, 6.45) is 4.79. The van der Waals surface area contributed by atoms with Crippen LogP contribution in [0.1, 0.15) is 12.8 Å². The topological polar surface area (TPSA) is 68.0 Å². The Bertz CT molecular complexity index is 649. The molecule has 1 aliphatic rings. The molecule has 0 unspecified atom stereocenters. The average molecular weight is 241 g/mol. The Kier molecular flexibility index (Phi) is 2.44. The molecule has 1 N–H and O–H groups in total. The minimum Gasteiger partial charge on any atom is -0.478 e. The Morgan fingerprint density at radius 1 is 1.22 bits per heavy atom. The van der Waals surface area contributed by atoms with Gasteiger partial charge >= 0.3 is 5.97 Å². The van der Waals surface area contributed by atoms with Gasteiger partial charge in [0.05, 0.1) is 11.3 Å². The number of carboxylic acids is 1. The van der Waals surface area contributed by atoms with Crippen LogP contribution in [-0.2, 0) is 4.79 Å². The van der Waals surface area contributed by atoms with Crippen LogP contribution in [-0.4, -0.2) is 26.1 Å². The van der Waals surface area contributed by atoms with E-state index in [4.69, 9.17) is 5.11 Å². The van der Waals surface area contributed by atoms with E-state index in [1.807, 2.05) is 24.3 Å². The van der Waals surface area contributed by atoms with Crippen molar-refractivity contribution >= 4 is 22.7 Å². The summed E-state index contributed by atoms with van der Waals surface area (Å²) in [4.78, 5) is 12.5. The van der Waals surface area contributed by atoms with Crippen molar-refractivity contribution in [3.05, 3.63) is 42.0 Å². The predicted octanol–water partition coefficient (Wildman–Crippen LogP) is 2.08. The molecule has 0 bridgehead atoms. The molecule has 1 aromatic carbocycles. The second kappa shape index (κ2) is 4.10. The van der Waals surface area contributed by atoms with Gasteiger partial charge in [-0.1, -0.05) is 18.2 Å². The summed E-state index contributed by atoms with van der Waals surface area (Å²) in [6, 6.07) is 7.57. The van der Waals surface area contributed by atoms with E-state index in [9.17, 15) is 4.79 Å². The highest BCUT2D eigenvalue weighted by atomic mass is 16.4. The van der Waals surface area contributed by atoms with Crippen molar-refractivity contribution in [3.8, 4) is 0 Å². The number of hydrogen-bond donors (Lipinski definition) is 1. The second-order valence-electron chi connectivity index (χ2n) is 4.12. The molecule has 5 nitrogen and oxygen atoms in total. The van der Waals surface area contributed by atoms with E-state index in [1.54, 1.807) is 12.2 Å². The van der Waals surface area contributed by atoms with Gasteiger partial charge in [0.2, 0.25) is 0 Å². The molecular formula is C13H11N3O2. The van der Waals surface area contributed by atoms with Gasteiger partial charge in [0, 0.05) is 0 Å². The zero-order chi connectivity index (χ0) is 12.5. The molecule has 0 saturated carbocycles. The number of carbonyl (C=O) groups is 1. The molecule has 0 saturated heterocycles. The fraction of sp³-hybridized carbons (Fsp3) is 0.154. The highest BCUT2D eigenvalue weighted by Crippen LogP contribution is 2.21. The summed E-state index contributed by atoms with van der Waals surface area (Å²) in [6.45, 7) is 0. The molecule has 1 heterocycles. The summed E-state index contributed by atoms with van der Waals surface area (Å²) in [7, 11) is 0. The number of rotatable bonds is 2. The molecule has 18 heavy (non-hydrogen) atoms. The third-order valence-electron chi connectivity index (χ3n) is 2.88. The molecule has 90 valence electrons. The number of nitrogens with zero attached hydrogens (tertiary/aromatic N) is 3. The predicted molar refractivity (Wildman–Crippen MR) is 66.8 cm³/mol. The Hall–Kier alpha value is -2.43. The van der Waals surface area contributed by atoms with Crippen LogP contribution in [0.15, 0.2) is 42.0 Å². The fourth-order valence-electron chi connectivity index (χ4n) is 1.98. The van der Waals surface area contributed by atoms with E-state index in [1.165, 1.54) is 4.80 Å². The van der Waals surface area contributed by atoms with Crippen LogP contribution < -0.4 is 0 Å². The number of aromatic nitrogens is 3. The minimum absolute atomic E-state index is 0.303. The van der Waals surface area contributed by atoms with Crippen LogP contribution in [0.5, 0.6) is 0 Å². The molecule has 1 aromatic heterocycles. The maximum atomic E-state index is 10.9. The van der Waals surface area contributed by atoms with E-state index in [-0.39, 0.29) is 0 Å². The maximum absolute atomic E-state index is 10.9. The van der Waals surface area contributed by atoms with Crippen LogP contribution in [0, 0.1) is 0 Å². The second-order valence-corrected chi connectivity index (χ2v) is 4.12. The summed E-state index contributed by atoms with van der Waals surface area (Å²) < 4.78 is 0. The fourth-order valence-corrected chi connectivity index (χ4v) is 1.98. The standard InChI is InChI=1S/C13H11N3O2/c17-13(18)9-4-3-5-10(8-9)16-14-11-6-1-2-7-12(11)15-16/h1-2,4,6-8H,3,5H2,(H,17,18). The Morgan fingerprint density at radius 2 is 1.89 bits per heavy atom. The van der Waals surface area contributed by atoms with Gasteiger partial charge in [-0.3, -0.25) is 0 Å². The van der Waals surface area contributed by atoms with Gasteiger partial charge in [-0.05, 0) is 31.1 Å². The SMILES string of the molecule is O=C(O)C1=CCCC(n2nc3ccccc3n2)=C1. The number of carboxylic acid groups (broad SMARTS) is 1. The first-order valence-electron chi connectivity index (χ1n) is 5.70. The van der Waals surface area contributed by atoms with E-state index in [0.717, 1.165) is 23.2 Å². The van der Waals surface area contributed by atoms with Gasteiger partial charge in [-0.2, -0.15) is 4.80 Å². The van der Waals surface area contributed by atoms with Gasteiger partial charge in [0.15, 0.2) is 0 Å². The molecule has 1 aliphatic carbocycles. The first-order valence-corrected chi connectivity index (χ1v) is 5.70. The number of aliphatic carboxylic acids is 1. The van der Waals surface area contributed by atoms with Crippen LogP contribution in [0.4, 0.5) is 0 Å². The number of hydrogen-bond acceptors (Lipinski definition) is 3. The first-order chi connectivity index (χ1) is 8.74. The Morgan fingerprint density at radius 3 is 2.50 bits per heavy atom. The van der Waals surface area contributed by atoms with E-state index in [2.05, 4.69) is 10.2 Å². The summed E-state index contributed by atoms with van der Waals surface area (Å²) in [5.74, 6) is -0.913. The molecule has 2 aromatic rings. The third kappa shape index (κ3) is 1.79. The van der Waals surface area contributed by atoms with Crippen molar-refractivity contribution < 1.29 is 9.90 Å². The van der Waals surface area contributed by atoms with Gasteiger partial charge in [-0.15, -0.1) is 10.2 Å². The lowest BCUT2D eigenvalue weighted by molar-refractivity contribution is -0.132. The highest BCUT2D eigenvalue weighted by Gasteiger charge is 2.14. The summed E-state index contributed by atoms with van der Waals surface area (Å²) in [5.41, 5.74) is 2.73. The molecule has 0 atom stereocenters. The Labute approximate surface area is 103 Å². The van der Waals surface area contributed by atoms with Crippen molar-refractivity contribution in [1.82, 2.24) is 15.0 Å². The number of allylic oxidation sites excluding steroid dienone is 2. The zero-order valence-corrected chi connectivity index (χ0v) is 9.58. The first kappa shape index (κ1) is 10.7. The number of fused-ring (bicyclic) bond motifs is 1. The van der Waals surface area contributed by atoms with Crippen molar-refractivity contribution in [2.24, 2.45) is 0 Å². The third-order valence-corrected chi connectivity index (χ3v) is 2.88. The van der Waals surface area contributed by atoms with E-state index >= 15 is 0 Å². The van der Waals surface area contributed by atoms with Crippen molar-refractivity contribution in [1.29, 1.82) is 0 Å². The molecule has 0 aliphatic heterocycles. The smallest absolute Gasteiger partial charge is 0.335 e. The maximum Gasteiger partial charge on any atom is 0.335 e. The lowest BCUT2D eigenvalue weighted by atomic mass is 10.0. The zero-order valence-electron chi connectivity index (χ0n) is 9.58. The Balaban J connectivity index is 2.04. The van der Waals surface area contributed by atoms with Gasteiger partial charge in [-0.25, -0.2) is 4.79 Å². The van der Waals surface area contributed by atoms with Crippen LogP contribution >= 0.6 is 0 Å². The molecule has 0 radical (unpaired) electrons. The van der Waals surface area contributed by atoms with Gasteiger partial charge < -0.3 is 5.11 Å². The summed E-state index contributed by atoms with van der Waals surface area (Å²) >= 11 is 0.